The van der Waals surface area contributed by atoms with Crippen LogP contribution in [0.15, 0.2) is 24.3 Å². The molecule has 1 aromatic rings. The van der Waals surface area contributed by atoms with Crippen molar-refractivity contribution in [3.63, 3.8) is 0 Å². The van der Waals surface area contributed by atoms with Gasteiger partial charge in [0, 0.05) is 0 Å². The lowest BCUT2D eigenvalue weighted by Gasteiger charge is -2.30. The molecule has 1 fully saturated rings. The molecule has 0 saturated carbocycles. The van der Waals surface area contributed by atoms with Crippen LogP contribution in [0.3, 0.4) is 0 Å². The van der Waals surface area contributed by atoms with Gasteiger partial charge >= 0.3 is 0 Å². The maximum Gasteiger partial charge on any atom is 0.237 e. The number of carbonyl (C=O) groups is 1. The molecule has 0 aliphatic carbocycles. The Morgan fingerprint density at radius 3 is 2.68 bits per heavy atom. The normalized spacial score (nSPS) is 24.8. The summed E-state index contributed by atoms with van der Waals surface area (Å²) in [4.78, 5) is 12.3. The number of hydrogen-bond acceptors (Lipinski definition) is 2. The molecule has 1 aliphatic rings. The predicted octanol–water partition coefficient (Wildman–Crippen LogP) is 2.56. The Balaban J connectivity index is 1.96. The summed E-state index contributed by atoms with van der Waals surface area (Å²) in [5, 5.41) is 6.44. The van der Waals surface area contributed by atoms with Crippen LogP contribution in [0.2, 0.25) is 0 Å². The second kappa shape index (κ2) is 6.20. The van der Waals surface area contributed by atoms with Crippen molar-refractivity contribution in [1.29, 1.82) is 0 Å². The predicted molar refractivity (Wildman–Crippen MR) is 77.9 cm³/mol. The lowest BCUT2D eigenvalue weighted by Crippen LogP contribution is -2.51. The van der Waals surface area contributed by atoms with Gasteiger partial charge in [-0.3, -0.25) is 4.79 Å². The van der Waals surface area contributed by atoms with E-state index < -0.39 is 0 Å². The van der Waals surface area contributed by atoms with Crippen LogP contribution in [0.4, 0.5) is 0 Å². The molecule has 0 radical (unpaired) electrons. The molecule has 19 heavy (non-hydrogen) atoms. The van der Waals surface area contributed by atoms with E-state index in [1.54, 1.807) is 0 Å². The molecule has 104 valence electrons. The maximum absolute atomic E-state index is 12.3. The van der Waals surface area contributed by atoms with Crippen molar-refractivity contribution in [2.45, 2.75) is 45.7 Å². The minimum absolute atomic E-state index is 0.0401. The Labute approximate surface area is 115 Å². The summed E-state index contributed by atoms with van der Waals surface area (Å²) in [5.41, 5.74) is 2.40. The van der Waals surface area contributed by atoms with Crippen LogP contribution in [0, 0.1) is 12.8 Å². The number of hydrogen-bond donors (Lipinski definition) is 2. The van der Waals surface area contributed by atoms with Gasteiger partial charge in [0.1, 0.15) is 0 Å². The van der Waals surface area contributed by atoms with Gasteiger partial charge in [-0.2, -0.15) is 0 Å². The minimum Gasteiger partial charge on any atom is -0.348 e. The molecule has 0 spiro atoms. The quantitative estimate of drug-likeness (QED) is 0.877. The number of piperidine rings is 1. The molecule has 3 heteroatoms. The lowest BCUT2D eigenvalue weighted by molar-refractivity contribution is -0.125. The van der Waals surface area contributed by atoms with Crippen LogP contribution >= 0.6 is 0 Å². The summed E-state index contributed by atoms with van der Waals surface area (Å²) in [7, 11) is 0. The first-order chi connectivity index (χ1) is 9.08. The number of benzene rings is 1. The van der Waals surface area contributed by atoms with Crippen LogP contribution in [0.25, 0.3) is 0 Å². The molecule has 1 heterocycles. The summed E-state index contributed by atoms with van der Waals surface area (Å²) in [6, 6.07) is 8.35. The second-order valence-corrected chi connectivity index (χ2v) is 5.69. The minimum atomic E-state index is -0.0401. The van der Waals surface area contributed by atoms with E-state index in [2.05, 4.69) is 48.7 Å². The Hall–Kier alpha value is -1.35. The van der Waals surface area contributed by atoms with Gasteiger partial charge in [-0.05, 0) is 44.7 Å². The third-order valence-electron chi connectivity index (χ3n) is 3.99. The average molecular weight is 260 g/mol. The van der Waals surface area contributed by atoms with Crippen molar-refractivity contribution in [2.75, 3.05) is 6.54 Å². The molecule has 2 rings (SSSR count). The van der Waals surface area contributed by atoms with Gasteiger partial charge in [0.05, 0.1) is 12.1 Å². The van der Waals surface area contributed by atoms with Crippen LogP contribution in [0.5, 0.6) is 0 Å². The highest BCUT2D eigenvalue weighted by Crippen LogP contribution is 2.18. The third-order valence-corrected chi connectivity index (χ3v) is 3.99. The largest absolute Gasteiger partial charge is 0.348 e. The van der Waals surface area contributed by atoms with Gasteiger partial charge < -0.3 is 10.6 Å². The lowest BCUT2D eigenvalue weighted by atomic mass is 9.92. The summed E-state index contributed by atoms with van der Waals surface area (Å²) in [6.07, 6.45) is 2.29. The molecule has 1 aromatic carbocycles. The molecule has 3 atom stereocenters. The molecule has 3 nitrogen and oxygen atoms in total. The molecule has 1 amide bonds. The molecule has 1 aliphatic heterocycles. The third kappa shape index (κ3) is 3.57. The van der Waals surface area contributed by atoms with Gasteiger partial charge in [-0.15, -0.1) is 0 Å². The molecule has 2 unspecified atom stereocenters. The van der Waals surface area contributed by atoms with E-state index in [4.69, 9.17) is 0 Å². The van der Waals surface area contributed by atoms with Crippen molar-refractivity contribution in [3.8, 4) is 0 Å². The zero-order valence-electron chi connectivity index (χ0n) is 12.1. The summed E-state index contributed by atoms with van der Waals surface area (Å²) in [5.74, 6) is 0.541. The van der Waals surface area contributed by atoms with Crippen LogP contribution in [0.1, 0.15) is 43.9 Å². The van der Waals surface area contributed by atoms with Gasteiger partial charge in [-0.1, -0.05) is 36.8 Å². The van der Waals surface area contributed by atoms with Gasteiger partial charge in [0.25, 0.3) is 0 Å². The maximum atomic E-state index is 12.3. The van der Waals surface area contributed by atoms with Gasteiger partial charge in [-0.25, -0.2) is 0 Å². The second-order valence-electron chi connectivity index (χ2n) is 5.69. The number of aryl methyl sites for hydroxylation is 1. The summed E-state index contributed by atoms with van der Waals surface area (Å²) in [6.45, 7) is 7.20. The highest BCUT2D eigenvalue weighted by molar-refractivity contribution is 5.82. The molecular formula is C16H24N2O. The fourth-order valence-electron chi connectivity index (χ4n) is 2.64. The van der Waals surface area contributed by atoms with E-state index >= 15 is 0 Å². The highest BCUT2D eigenvalue weighted by atomic mass is 16.2. The fraction of sp³-hybridized carbons (Fsp3) is 0.562. The van der Waals surface area contributed by atoms with Crippen LogP contribution < -0.4 is 10.6 Å². The smallest absolute Gasteiger partial charge is 0.237 e. The van der Waals surface area contributed by atoms with Crippen molar-refractivity contribution in [2.24, 2.45) is 5.92 Å². The Kier molecular flexibility index (Phi) is 4.59. The molecule has 1 saturated heterocycles. The summed E-state index contributed by atoms with van der Waals surface area (Å²) < 4.78 is 0. The zero-order valence-corrected chi connectivity index (χ0v) is 12.1. The SMILES string of the molecule is Cc1ccc([C@@H](C)NC(=O)C2NCCCC2C)cc1. The van der Waals surface area contributed by atoms with E-state index in [0.717, 1.165) is 18.5 Å². The highest BCUT2D eigenvalue weighted by Gasteiger charge is 2.28. The van der Waals surface area contributed by atoms with Gasteiger partial charge in [0.2, 0.25) is 5.91 Å². The van der Waals surface area contributed by atoms with E-state index in [1.807, 2.05) is 6.92 Å². The zero-order chi connectivity index (χ0) is 13.8. The monoisotopic (exact) mass is 260 g/mol. The fourth-order valence-corrected chi connectivity index (χ4v) is 2.64. The van der Waals surface area contributed by atoms with Crippen molar-refractivity contribution >= 4 is 5.91 Å². The first kappa shape index (κ1) is 14.1. The molecule has 0 bridgehead atoms. The van der Waals surface area contributed by atoms with Crippen molar-refractivity contribution in [3.05, 3.63) is 35.4 Å². The molecular weight excluding hydrogens is 236 g/mol. The van der Waals surface area contributed by atoms with E-state index in [9.17, 15) is 4.79 Å². The van der Waals surface area contributed by atoms with Crippen LogP contribution in [-0.2, 0) is 4.79 Å². The number of amides is 1. The van der Waals surface area contributed by atoms with Crippen LogP contribution in [-0.4, -0.2) is 18.5 Å². The Morgan fingerprint density at radius 1 is 1.37 bits per heavy atom. The Morgan fingerprint density at radius 2 is 2.05 bits per heavy atom. The molecule has 0 aromatic heterocycles. The number of rotatable bonds is 3. The van der Waals surface area contributed by atoms with Crippen molar-refractivity contribution < 1.29 is 4.79 Å². The first-order valence-electron chi connectivity index (χ1n) is 7.18. The first-order valence-corrected chi connectivity index (χ1v) is 7.18. The van der Waals surface area contributed by atoms with E-state index in [0.29, 0.717) is 5.92 Å². The average Bonchev–Trinajstić information content (AvgIpc) is 2.39. The van der Waals surface area contributed by atoms with Crippen molar-refractivity contribution in [1.82, 2.24) is 10.6 Å². The Bertz CT molecular complexity index is 427. The molecule has 2 N–H and O–H groups in total. The number of carbonyl (C=O) groups excluding carboxylic acids is 1. The van der Waals surface area contributed by atoms with E-state index in [1.165, 1.54) is 12.0 Å². The standard InChI is InChI=1S/C16H24N2O/c1-11-6-8-14(9-7-11)13(3)18-16(19)15-12(2)5-4-10-17-15/h6-9,12-13,15,17H,4-5,10H2,1-3H3,(H,18,19)/t12?,13-,15?/m1/s1. The topological polar surface area (TPSA) is 41.1 Å². The van der Waals surface area contributed by atoms with E-state index in [-0.39, 0.29) is 18.0 Å². The van der Waals surface area contributed by atoms with Gasteiger partial charge in [0.15, 0.2) is 0 Å². The summed E-state index contributed by atoms with van der Waals surface area (Å²) >= 11 is 0. The number of nitrogens with one attached hydrogen (secondary N) is 2.